The van der Waals surface area contributed by atoms with E-state index in [4.69, 9.17) is 23.2 Å². The number of aromatic hydroxyl groups is 1. The lowest BCUT2D eigenvalue weighted by Gasteiger charge is -1.90. The maximum Gasteiger partial charge on any atom is 0.307 e. The summed E-state index contributed by atoms with van der Waals surface area (Å²) in [6.07, 6.45) is 1.73. The molecule has 0 radical (unpaired) electrons. The Hall–Kier alpha value is -1.45. The summed E-state index contributed by atoms with van der Waals surface area (Å²) in [6.45, 7) is 0. The number of nitrogens with zero attached hydrogens (tertiary/aromatic N) is 2. The van der Waals surface area contributed by atoms with E-state index in [0.29, 0.717) is 31.5 Å². The van der Waals surface area contributed by atoms with Crippen LogP contribution in [0.2, 0.25) is 10.0 Å². The summed E-state index contributed by atoms with van der Waals surface area (Å²) in [4.78, 5) is 22.8. The molecule has 0 spiro atoms. The van der Waals surface area contributed by atoms with Gasteiger partial charge in [-0.05, 0) is 40.2 Å². The molecule has 0 aliphatic carbocycles. The Morgan fingerprint density at radius 3 is 2.32 bits per heavy atom. The Kier molecular flexibility index (Phi) is 4.33. The number of hydrogen-bond acceptors (Lipinski definition) is 6. The predicted octanol–water partition coefficient (Wildman–Crippen LogP) is 2.12. The third-order valence-corrected chi connectivity index (χ3v) is 6.82. The fourth-order valence-electron chi connectivity index (χ4n) is 2.23. The standard InChI is InChI=1S/C15H6BrCl2N3O2S2/c16-6-1-5(2-11-14(22)21-15(23)25-11)24-12(6)13-19-9-3-7(17)8(18)4-10(9)20-13/h1-4,22H,(H,21,23)/b5-2-. The molecule has 25 heavy (non-hydrogen) atoms. The summed E-state index contributed by atoms with van der Waals surface area (Å²) < 4.78 is 2.49. The molecule has 0 fully saturated rings. The zero-order valence-electron chi connectivity index (χ0n) is 12.0. The van der Waals surface area contributed by atoms with Crippen LogP contribution >= 0.6 is 61.8 Å². The van der Waals surface area contributed by atoms with Gasteiger partial charge in [-0.25, -0.2) is 9.98 Å². The van der Waals surface area contributed by atoms with Gasteiger partial charge in [-0.1, -0.05) is 34.5 Å². The molecule has 4 rings (SSSR count). The molecule has 5 nitrogen and oxygen atoms in total. The lowest BCUT2D eigenvalue weighted by molar-refractivity contribution is 0.455. The molecule has 0 bridgehead atoms. The van der Waals surface area contributed by atoms with Crippen molar-refractivity contribution in [1.29, 1.82) is 0 Å². The van der Waals surface area contributed by atoms with E-state index in [1.54, 1.807) is 18.2 Å². The Bertz CT molecular complexity index is 1280. The van der Waals surface area contributed by atoms with Gasteiger partial charge in [0, 0.05) is 9.01 Å². The summed E-state index contributed by atoms with van der Waals surface area (Å²) in [7, 11) is 0. The van der Waals surface area contributed by atoms with Crippen molar-refractivity contribution in [1.82, 2.24) is 4.98 Å². The van der Waals surface area contributed by atoms with Crippen molar-refractivity contribution < 1.29 is 5.11 Å². The maximum atomic E-state index is 11.3. The Morgan fingerprint density at radius 1 is 1.12 bits per heavy atom. The molecule has 0 unspecified atom stereocenters. The van der Waals surface area contributed by atoms with Crippen LogP contribution in [0.15, 0.2) is 37.5 Å². The molecule has 126 valence electrons. The van der Waals surface area contributed by atoms with Crippen LogP contribution in [0.4, 0.5) is 0 Å². The van der Waals surface area contributed by atoms with Crippen molar-refractivity contribution in [3.8, 4) is 5.88 Å². The third-order valence-electron chi connectivity index (χ3n) is 3.31. The quantitative estimate of drug-likeness (QED) is 0.566. The number of hydrogen-bond donors (Lipinski definition) is 2. The monoisotopic (exact) mass is 473 g/mol. The van der Waals surface area contributed by atoms with E-state index in [-0.39, 0.29) is 10.8 Å². The largest absolute Gasteiger partial charge is 0.493 e. The maximum absolute atomic E-state index is 11.3. The number of aromatic nitrogens is 1. The van der Waals surface area contributed by atoms with Gasteiger partial charge in [-0.15, -0.1) is 11.3 Å². The molecular weight excluding hydrogens is 469 g/mol. The van der Waals surface area contributed by atoms with E-state index in [1.165, 1.54) is 11.3 Å². The molecule has 2 aromatic heterocycles. The summed E-state index contributed by atoms with van der Waals surface area (Å²) >= 11 is 17.9. The number of benzene rings is 1. The second-order valence-electron chi connectivity index (χ2n) is 5.00. The number of H-pyrrole nitrogens is 1. The fraction of sp³-hybridized carbons (Fsp3) is 0. The molecule has 0 saturated heterocycles. The molecule has 2 N–H and O–H groups in total. The van der Waals surface area contributed by atoms with Crippen LogP contribution in [-0.4, -0.2) is 10.1 Å². The number of fused-ring (bicyclic) bond motifs is 1. The Morgan fingerprint density at radius 2 is 1.76 bits per heavy atom. The average Bonchev–Trinajstić information content (AvgIpc) is 3.18. The van der Waals surface area contributed by atoms with E-state index >= 15 is 0 Å². The highest BCUT2D eigenvalue weighted by Gasteiger charge is 2.10. The SMILES string of the molecule is O=c1[nH]c(O)c(/C=c2/cc(Br)c(=C3N=c4cc(Cl)c(Cl)cc4=N3)s2)s1. The van der Waals surface area contributed by atoms with Gasteiger partial charge in [0.1, 0.15) is 0 Å². The highest BCUT2D eigenvalue weighted by Crippen LogP contribution is 2.19. The molecule has 3 aromatic rings. The average molecular weight is 475 g/mol. The summed E-state index contributed by atoms with van der Waals surface area (Å²) in [6, 6.07) is 5.24. The third kappa shape index (κ3) is 3.20. The zero-order chi connectivity index (χ0) is 17.7. The molecule has 0 amide bonds. The number of thiophene rings is 1. The predicted molar refractivity (Wildman–Crippen MR) is 104 cm³/mol. The van der Waals surface area contributed by atoms with Gasteiger partial charge in [0.05, 0.1) is 30.2 Å². The summed E-state index contributed by atoms with van der Waals surface area (Å²) in [5, 5.41) is 11.9. The highest BCUT2D eigenvalue weighted by atomic mass is 79.9. The second kappa shape index (κ2) is 6.37. The van der Waals surface area contributed by atoms with Crippen molar-refractivity contribution in [2.75, 3.05) is 0 Å². The Balaban J connectivity index is 1.92. The van der Waals surface area contributed by atoms with E-state index in [0.717, 1.165) is 24.9 Å². The molecule has 1 aliphatic rings. The van der Waals surface area contributed by atoms with Gasteiger partial charge in [-0.3, -0.25) is 9.78 Å². The van der Waals surface area contributed by atoms with Gasteiger partial charge in [0.2, 0.25) is 5.88 Å². The van der Waals surface area contributed by atoms with Crippen molar-refractivity contribution in [2.24, 2.45) is 9.98 Å². The lowest BCUT2D eigenvalue weighted by atomic mass is 10.3. The van der Waals surface area contributed by atoms with Crippen molar-refractivity contribution in [3.63, 3.8) is 0 Å². The first kappa shape index (κ1) is 17.0. The first-order valence-electron chi connectivity index (χ1n) is 6.77. The molecule has 10 heteroatoms. The van der Waals surface area contributed by atoms with Crippen molar-refractivity contribution >= 4 is 73.7 Å². The first-order valence-corrected chi connectivity index (χ1v) is 9.95. The molecule has 0 saturated carbocycles. The summed E-state index contributed by atoms with van der Waals surface area (Å²) in [5.41, 5.74) is 0. The zero-order valence-corrected chi connectivity index (χ0v) is 16.7. The van der Waals surface area contributed by atoms with Gasteiger partial charge < -0.3 is 5.11 Å². The van der Waals surface area contributed by atoms with Gasteiger partial charge in [-0.2, -0.15) is 0 Å². The number of thiazole rings is 1. The van der Waals surface area contributed by atoms with Crippen LogP contribution in [0.1, 0.15) is 4.88 Å². The van der Waals surface area contributed by atoms with Crippen LogP contribution in [-0.2, 0) is 0 Å². The smallest absolute Gasteiger partial charge is 0.307 e. The van der Waals surface area contributed by atoms with Gasteiger partial charge in [0.15, 0.2) is 5.82 Å². The van der Waals surface area contributed by atoms with Crippen LogP contribution < -0.4 is 24.7 Å². The van der Waals surface area contributed by atoms with E-state index < -0.39 is 0 Å². The lowest BCUT2D eigenvalue weighted by Crippen LogP contribution is -2.20. The van der Waals surface area contributed by atoms with Crippen LogP contribution in [0.3, 0.4) is 0 Å². The number of aromatic amines is 1. The topological polar surface area (TPSA) is 77.8 Å². The fourth-order valence-corrected chi connectivity index (χ4v) is 5.05. The number of halogens is 3. The van der Waals surface area contributed by atoms with Gasteiger partial charge >= 0.3 is 4.87 Å². The van der Waals surface area contributed by atoms with Crippen molar-refractivity contribution in [2.45, 2.75) is 0 Å². The summed E-state index contributed by atoms with van der Waals surface area (Å²) in [5.74, 6) is 0.414. The van der Waals surface area contributed by atoms with E-state index in [9.17, 15) is 9.90 Å². The molecule has 0 atom stereocenters. The van der Waals surface area contributed by atoms with Crippen LogP contribution in [0, 0.1) is 0 Å². The second-order valence-corrected chi connectivity index (χ2v) is 8.77. The minimum Gasteiger partial charge on any atom is -0.493 e. The van der Waals surface area contributed by atoms with Crippen molar-refractivity contribution in [3.05, 3.63) is 67.0 Å². The molecule has 3 heterocycles. The minimum absolute atomic E-state index is 0.138. The van der Waals surface area contributed by atoms with Crippen LogP contribution in [0.5, 0.6) is 5.88 Å². The Labute approximate surface area is 166 Å². The number of nitrogens with one attached hydrogen (secondary N) is 1. The highest BCUT2D eigenvalue weighted by molar-refractivity contribution is 9.10. The molecule has 1 aromatic carbocycles. The van der Waals surface area contributed by atoms with Crippen LogP contribution in [0.25, 0.3) is 11.9 Å². The molecular formula is C15H6BrCl2N3O2S2. The van der Waals surface area contributed by atoms with Gasteiger partial charge in [0.25, 0.3) is 0 Å². The first-order chi connectivity index (χ1) is 11.9. The van der Waals surface area contributed by atoms with E-state index in [2.05, 4.69) is 30.9 Å². The number of rotatable bonds is 1. The normalized spacial score (nSPS) is 13.7. The van der Waals surface area contributed by atoms with E-state index in [1.807, 2.05) is 6.07 Å². The molecule has 1 aliphatic heterocycles. The minimum atomic E-state index is -0.307.